The highest BCUT2D eigenvalue weighted by molar-refractivity contribution is 5.86. The van der Waals surface area contributed by atoms with Gasteiger partial charge in [-0.1, -0.05) is 26.8 Å². The monoisotopic (exact) mass is 247 g/mol. The minimum Gasteiger partial charge on any atom is -0.507 e. The lowest BCUT2D eigenvalue weighted by molar-refractivity contribution is 0.274. The molecule has 0 saturated heterocycles. The summed E-state index contributed by atoms with van der Waals surface area (Å²) < 4.78 is 0. The van der Waals surface area contributed by atoms with E-state index in [1.165, 1.54) is 0 Å². The Morgan fingerprint density at radius 3 is 2.50 bits per heavy atom. The number of aromatic amines is 1. The molecule has 0 aliphatic heterocycles. The number of aromatic nitrogens is 1. The highest BCUT2D eigenvalue weighted by Gasteiger charge is 2.16. The van der Waals surface area contributed by atoms with Crippen LogP contribution < -0.4 is 5.56 Å². The molecular weight excluding hydrogens is 230 g/mol. The van der Waals surface area contributed by atoms with Crippen LogP contribution in [0.3, 0.4) is 0 Å². The van der Waals surface area contributed by atoms with Crippen LogP contribution in [0, 0.1) is 0 Å². The Morgan fingerprint density at radius 2 is 1.94 bits per heavy atom. The lowest BCUT2D eigenvalue weighted by atomic mass is 9.86. The van der Waals surface area contributed by atoms with E-state index in [1.807, 2.05) is 12.1 Å². The average Bonchev–Trinajstić information content (AvgIpc) is 2.27. The van der Waals surface area contributed by atoms with E-state index in [0.29, 0.717) is 10.9 Å². The van der Waals surface area contributed by atoms with Gasteiger partial charge in [-0.25, -0.2) is 0 Å². The van der Waals surface area contributed by atoms with Gasteiger partial charge < -0.3 is 15.2 Å². The molecule has 1 heterocycles. The Morgan fingerprint density at radius 1 is 1.28 bits per heavy atom. The summed E-state index contributed by atoms with van der Waals surface area (Å²) in [5.41, 5.74) is 1.18. The second kappa shape index (κ2) is 4.14. The number of benzene rings is 1. The molecule has 96 valence electrons. The van der Waals surface area contributed by atoms with E-state index >= 15 is 0 Å². The van der Waals surface area contributed by atoms with E-state index in [4.69, 9.17) is 5.11 Å². The van der Waals surface area contributed by atoms with E-state index < -0.39 is 12.2 Å². The zero-order valence-electron chi connectivity index (χ0n) is 10.7. The van der Waals surface area contributed by atoms with Crippen molar-refractivity contribution in [3.05, 3.63) is 39.7 Å². The first-order valence-electron chi connectivity index (χ1n) is 5.84. The Labute approximate surface area is 105 Å². The quantitative estimate of drug-likeness (QED) is 0.721. The smallest absolute Gasteiger partial charge is 0.257 e. The number of aliphatic hydroxyl groups is 1. The standard InChI is InChI=1S/C14H17NO3/c1-14(2,3)8-4-5-9-11(6-8)15-13(18)10(7-16)12(9)17/h4-6,16H,7H2,1-3H3,(H2,15,17,18). The molecule has 4 heteroatoms. The molecule has 0 aliphatic carbocycles. The van der Waals surface area contributed by atoms with Crippen molar-refractivity contribution < 1.29 is 10.2 Å². The van der Waals surface area contributed by atoms with Gasteiger partial charge in [-0.15, -0.1) is 0 Å². The highest BCUT2D eigenvalue weighted by Crippen LogP contribution is 2.29. The van der Waals surface area contributed by atoms with Gasteiger partial charge in [-0.2, -0.15) is 0 Å². The van der Waals surface area contributed by atoms with Crippen LogP contribution in [0.5, 0.6) is 5.75 Å². The summed E-state index contributed by atoms with van der Waals surface area (Å²) in [6.45, 7) is 5.76. The van der Waals surface area contributed by atoms with Crippen molar-refractivity contribution in [2.24, 2.45) is 0 Å². The summed E-state index contributed by atoms with van der Waals surface area (Å²) in [7, 11) is 0. The number of hydrogen-bond donors (Lipinski definition) is 3. The fourth-order valence-corrected chi connectivity index (χ4v) is 1.94. The molecule has 3 N–H and O–H groups in total. The second-order valence-corrected chi connectivity index (χ2v) is 5.45. The Balaban J connectivity index is 2.78. The molecule has 0 bridgehead atoms. The number of aromatic hydroxyl groups is 1. The van der Waals surface area contributed by atoms with Crippen LogP contribution in [0.1, 0.15) is 31.9 Å². The first-order valence-corrected chi connectivity index (χ1v) is 5.84. The van der Waals surface area contributed by atoms with Crippen LogP contribution >= 0.6 is 0 Å². The SMILES string of the molecule is CC(C)(C)c1ccc2c(O)c(CO)c(=O)[nH]c2c1. The number of aliphatic hydroxyl groups excluding tert-OH is 1. The number of nitrogens with one attached hydrogen (secondary N) is 1. The Hall–Kier alpha value is -1.81. The van der Waals surface area contributed by atoms with E-state index in [2.05, 4.69) is 25.8 Å². The molecule has 1 aromatic carbocycles. The zero-order chi connectivity index (χ0) is 13.5. The van der Waals surface area contributed by atoms with Crippen molar-refractivity contribution in [3.8, 4) is 5.75 Å². The van der Waals surface area contributed by atoms with Crippen molar-refractivity contribution in [2.45, 2.75) is 32.8 Å². The molecule has 4 nitrogen and oxygen atoms in total. The average molecular weight is 247 g/mol. The van der Waals surface area contributed by atoms with Crippen LogP contribution in [0.25, 0.3) is 10.9 Å². The normalized spacial score (nSPS) is 12.0. The van der Waals surface area contributed by atoms with Gasteiger partial charge in [0.2, 0.25) is 0 Å². The van der Waals surface area contributed by atoms with Crippen LogP contribution in [0.15, 0.2) is 23.0 Å². The Kier molecular flexibility index (Phi) is 2.91. The molecule has 18 heavy (non-hydrogen) atoms. The predicted octanol–water partition coefficient (Wildman–Crippen LogP) is 2.02. The molecule has 0 amide bonds. The third kappa shape index (κ3) is 1.99. The fraction of sp³-hybridized carbons (Fsp3) is 0.357. The molecule has 2 aromatic rings. The van der Waals surface area contributed by atoms with Crippen molar-refractivity contribution in [2.75, 3.05) is 0 Å². The zero-order valence-corrected chi connectivity index (χ0v) is 10.7. The summed E-state index contributed by atoms with van der Waals surface area (Å²) in [6.07, 6.45) is 0. The minimum absolute atomic E-state index is 0.00556. The van der Waals surface area contributed by atoms with Crippen molar-refractivity contribution >= 4 is 10.9 Å². The third-order valence-electron chi connectivity index (χ3n) is 3.11. The van der Waals surface area contributed by atoms with Gasteiger partial charge in [0.1, 0.15) is 5.75 Å². The van der Waals surface area contributed by atoms with E-state index in [-0.39, 0.29) is 16.7 Å². The topological polar surface area (TPSA) is 73.3 Å². The Bertz CT molecular complexity index is 650. The summed E-state index contributed by atoms with van der Waals surface area (Å²) in [4.78, 5) is 14.4. The van der Waals surface area contributed by atoms with Gasteiger partial charge in [0, 0.05) is 5.39 Å². The molecular formula is C14H17NO3. The minimum atomic E-state index is -0.474. The van der Waals surface area contributed by atoms with Crippen LogP contribution in [0.2, 0.25) is 0 Å². The van der Waals surface area contributed by atoms with Crippen molar-refractivity contribution in [1.29, 1.82) is 0 Å². The van der Waals surface area contributed by atoms with Crippen molar-refractivity contribution in [3.63, 3.8) is 0 Å². The number of hydrogen-bond acceptors (Lipinski definition) is 3. The fourth-order valence-electron chi connectivity index (χ4n) is 1.94. The van der Waals surface area contributed by atoms with Crippen molar-refractivity contribution in [1.82, 2.24) is 4.98 Å². The summed E-state index contributed by atoms with van der Waals surface area (Å²) >= 11 is 0. The van der Waals surface area contributed by atoms with Gasteiger partial charge in [0.15, 0.2) is 0 Å². The van der Waals surface area contributed by atoms with Gasteiger partial charge in [0.25, 0.3) is 5.56 Å². The summed E-state index contributed by atoms with van der Waals surface area (Å²) in [5, 5.41) is 19.6. The van der Waals surface area contributed by atoms with Gasteiger partial charge in [0.05, 0.1) is 17.7 Å². The maximum absolute atomic E-state index is 11.7. The summed E-state index contributed by atoms with van der Waals surface area (Å²) in [5.74, 6) is -0.142. The van der Waals surface area contributed by atoms with E-state index in [0.717, 1.165) is 5.56 Å². The first-order chi connectivity index (χ1) is 8.34. The predicted molar refractivity (Wildman–Crippen MR) is 70.9 cm³/mol. The number of fused-ring (bicyclic) bond motifs is 1. The maximum atomic E-state index is 11.7. The van der Waals surface area contributed by atoms with Crippen LogP contribution in [0.4, 0.5) is 0 Å². The molecule has 0 aliphatic rings. The van der Waals surface area contributed by atoms with Gasteiger partial charge in [-0.05, 0) is 23.1 Å². The lowest BCUT2D eigenvalue weighted by Crippen LogP contribution is -2.14. The van der Waals surface area contributed by atoms with E-state index in [9.17, 15) is 9.90 Å². The first kappa shape index (κ1) is 12.6. The molecule has 0 spiro atoms. The molecule has 0 unspecified atom stereocenters. The molecule has 0 fully saturated rings. The maximum Gasteiger partial charge on any atom is 0.257 e. The number of H-pyrrole nitrogens is 1. The molecule has 2 rings (SSSR count). The molecule has 0 atom stereocenters. The second-order valence-electron chi connectivity index (χ2n) is 5.45. The number of rotatable bonds is 1. The molecule has 0 saturated carbocycles. The van der Waals surface area contributed by atoms with Crippen LogP contribution in [-0.4, -0.2) is 15.2 Å². The summed E-state index contributed by atoms with van der Waals surface area (Å²) in [6, 6.07) is 5.54. The molecule has 0 radical (unpaired) electrons. The highest BCUT2D eigenvalue weighted by atomic mass is 16.3. The third-order valence-corrected chi connectivity index (χ3v) is 3.11. The van der Waals surface area contributed by atoms with Gasteiger partial charge in [-0.3, -0.25) is 4.79 Å². The van der Waals surface area contributed by atoms with Crippen LogP contribution in [-0.2, 0) is 12.0 Å². The largest absolute Gasteiger partial charge is 0.507 e. The number of pyridine rings is 1. The molecule has 1 aromatic heterocycles. The lowest BCUT2D eigenvalue weighted by Gasteiger charge is -2.19. The van der Waals surface area contributed by atoms with Gasteiger partial charge >= 0.3 is 0 Å². The van der Waals surface area contributed by atoms with E-state index in [1.54, 1.807) is 6.07 Å².